The topological polar surface area (TPSA) is 88.5 Å². The van der Waals surface area contributed by atoms with E-state index in [9.17, 15) is 14.7 Å². The van der Waals surface area contributed by atoms with Crippen molar-refractivity contribution in [2.75, 3.05) is 39.4 Å². The van der Waals surface area contributed by atoms with E-state index >= 15 is 0 Å². The summed E-state index contributed by atoms with van der Waals surface area (Å²) in [6, 6.07) is 20.4. The number of carbonyl (C=O) groups excluding carboxylic acids is 2. The lowest BCUT2D eigenvalue weighted by Gasteiger charge is -2.36. The third-order valence-electron chi connectivity index (χ3n) is 9.16. The molecule has 0 bridgehead atoms. The number of ether oxygens (including phenoxy) is 3. The highest BCUT2D eigenvalue weighted by atomic mass is 32.1. The van der Waals surface area contributed by atoms with Gasteiger partial charge in [0.05, 0.1) is 12.6 Å². The summed E-state index contributed by atoms with van der Waals surface area (Å²) in [4.78, 5) is 31.4. The van der Waals surface area contributed by atoms with Gasteiger partial charge in [0, 0.05) is 32.6 Å². The number of nitrogens with zero attached hydrogens (tertiary/aromatic N) is 2. The minimum atomic E-state index is -0.261. The molecule has 2 saturated heterocycles. The highest BCUT2D eigenvalue weighted by molar-refractivity contribution is 7.22. The van der Waals surface area contributed by atoms with E-state index in [1.165, 1.54) is 24.2 Å². The lowest BCUT2D eigenvalue weighted by atomic mass is 9.91. The zero-order chi connectivity index (χ0) is 30.8. The molecule has 9 heteroatoms. The molecule has 7 rings (SSSR count). The number of phenols is 1. The van der Waals surface area contributed by atoms with Crippen molar-refractivity contribution in [2.24, 2.45) is 0 Å². The molecule has 8 nitrogen and oxygen atoms in total. The average molecular weight is 627 g/mol. The molecular formula is C36H38N2O6S. The first-order valence-corrected chi connectivity index (χ1v) is 16.8. The van der Waals surface area contributed by atoms with Crippen molar-refractivity contribution in [1.29, 1.82) is 0 Å². The van der Waals surface area contributed by atoms with Crippen LogP contribution in [0.25, 0.3) is 20.5 Å². The summed E-state index contributed by atoms with van der Waals surface area (Å²) in [6.45, 7) is 4.89. The number of likely N-dealkylation sites (tertiary alicyclic amines) is 1. The predicted octanol–water partition coefficient (Wildman–Crippen LogP) is 7.12. The molecule has 0 radical (unpaired) electrons. The number of cyclic esters (lactones) is 1. The van der Waals surface area contributed by atoms with E-state index in [4.69, 9.17) is 14.2 Å². The number of fused-ring (bicyclic) bond motifs is 1. The molecule has 2 atom stereocenters. The lowest BCUT2D eigenvalue weighted by molar-refractivity contribution is 0.0572. The van der Waals surface area contributed by atoms with Crippen LogP contribution in [0, 0.1) is 0 Å². The first-order chi connectivity index (χ1) is 22.0. The monoisotopic (exact) mass is 626 g/mol. The normalized spacial score (nSPS) is 20.4. The van der Waals surface area contributed by atoms with Crippen molar-refractivity contribution < 1.29 is 28.9 Å². The second-order valence-corrected chi connectivity index (χ2v) is 13.1. The molecule has 3 aliphatic rings. The Balaban J connectivity index is 1.10. The van der Waals surface area contributed by atoms with Gasteiger partial charge in [0.25, 0.3) is 0 Å². The number of ketones is 1. The number of carbonyl (C=O) groups is 2. The number of amides is 1. The van der Waals surface area contributed by atoms with Crippen molar-refractivity contribution in [3.05, 3.63) is 77.9 Å². The number of phenolic OH excluding ortho intramolecular Hbond substituents is 1. The van der Waals surface area contributed by atoms with E-state index < -0.39 is 0 Å². The molecule has 3 fully saturated rings. The predicted molar refractivity (Wildman–Crippen MR) is 175 cm³/mol. The zero-order valence-electron chi connectivity index (χ0n) is 25.3. The number of hydrogen-bond donors (Lipinski definition) is 1. The van der Waals surface area contributed by atoms with E-state index in [1.54, 1.807) is 17.0 Å². The van der Waals surface area contributed by atoms with Gasteiger partial charge >= 0.3 is 6.09 Å². The molecule has 4 aromatic rings. The van der Waals surface area contributed by atoms with Crippen LogP contribution in [0.5, 0.6) is 17.2 Å². The van der Waals surface area contributed by atoms with Gasteiger partial charge in [-0.15, -0.1) is 11.3 Å². The van der Waals surface area contributed by atoms with Crippen LogP contribution in [0.15, 0.2) is 66.7 Å². The molecule has 1 amide bonds. The summed E-state index contributed by atoms with van der Waals surface area (Å²) in [5, 5.41) is 11.0. The summed E-state index contributed by atoms with van der Waals surface area (Å²) in [7, 11) is 0. The smallest absolute Gasteiger partial charge is 0.410 e. The molecule has 2 aliphatic heterocycles. The SMILES string of the molecule is O=C(c1ccc(O[C@@H]2CCCC[C@H]2N2CCOC2=O)cc1)c1c(-c2ccc(OCCN3CCCC3)cc2)sc2cc(O)ccc12. The van der Waals surface area contributed by atoms with Crippen molar-refractivity contribution >= 4 is 33.3 Å². The Morgan fingerprint density at radius 1 is 0.911 bits per heavy atom. The van der Waals surface area contributed by atoms with E-state index in [0.29, 0.717) is 36.6 Å². The van der Waals surface area contributed by atoms with Gasteiger partial charge in [-0.3, -0.25) is 14.6 Å². The highest BCUT2D eigenvalue weighted by Gasteiger charge is 2.37. The molecular weight excluding hydrogens is 588 g/mol. The van der Waals surface area contributed by atoms with Crippen LogP contribution in [-0.2, 0) is 4.74 Å². The van der Waals surface area contributed by atoms with Crippen LogP contribution in [0.2, 0.25) is 0 Å². The average Bonchev–Trinajstić information content (AvgIpc) is 3.82. The zero-order valence-corrected chi connectivity index (χ0v) is 26.1. The van der Waals surface area contributed by atoms with Crippen LogP contribution in [0.1, 0.15) is 54.4 Å². The van der Waals surface area contributed by atoms with Gasteiger partial charge in [0.1, 0.15) is 36.6 Å². The Kier molecular flexibility index (Phi) is 8.63. The van der Waals surface area contributed by atoms with Crippen LogP contribution in [-0.4, -0.2) is 78.3 Å². The largest absolute Gasteiger partial charge is 0.508 e. The van der Waals surface area contributed by atoms with Crippen LogP contribution in [0.4, 0.5) is 4.79 Å². The van der Waals surface area contributed by atoms with Crippen molar-refractivity contribution in [3.63, 3.8) is 0 Å². The minimum absolute atomic E-state index is 0.00642. The molecule has 3 aromatic carbocycles. The molecule has 1 aromatic heterocycles. The van der Waals surface area contributed by atoms with Crippen LogP contribution in [0.3, 0.4) is 0 Å². The Labute approximate surface area is 267 Å². The summed E-state index contributed by atoms with van der Waals surface area (Å²) < 4.78 is 18.4. The van der Waals surface area contributed by atoms with E-state index in [-0.39, 0.29) is 29.8 Å². The van der Waals surface area contributed by atoms with Gasteiger partial charge in [-0.25, -0.2) is 4.79 Å². The quantitative estimate of drug-likeness (QED) is 0.188. The minimum Gasteiger partial charge on any atom is -0.508 e. The third kappa shape index (κ3) is 6.37. The fourth-order valence-corrected chi connectivity index (χ4v) is 8.04. The first-order valence-electron chi connectivity index (χ1n) is 16.0. The van der Waals surface area contributed by atoms with E-state index in [0.717, 1.165) is 71.6 Å². The van der Waals surface area contributed by atoms with Gasteiger partial charge < -0.3 is 19.3 Å². The fraction of sp³-hybridized carbons (Fsp3) is 0.389. The Morgan fingerprint density at radius 3 is 2.42 bits per heavy atom. The maximum absolute atomic E-state index is 14.1. The standard InChI is InChI=1S/C36H38N2O6S/c39-26-11-16-29-32(23-26)45-35(25-9-12-27(13-10-25)42-21-19-37-17-3-4-18-37)33(29)34(40)24-7-14-28(15-8-24)44-31-6-2-1-5-30(31)38-20-22-43-36(38)41/h7-16,23,30-31,39H,1-6,17-22H2/t30-,31-/m1/s1. The highest BCUT2D eigenvalue weighted by Crippen LogP contribution is 2.42. The summed E-state index contributed by atoms with van der Waals surface area (Å²) >= 11 is 1.50. The van der Waals surface area contributed by atoms with Gasteiger partial charge in [-0.1, -0.05) is 6.42 Å². The van der Waals surface area contributed by atoms with Crippen molar-refractivity contribution in [3.8, 4) is 27.7 Å². The van der Waals surface area contributed by atoms with E-state index in [2.05, 4.69) is 4.90 Å². The van der Waals surface area contributed by atoms with Gasteiger partial charge in [0.15, 0.2) is 5.78 Å². The number of benzene rings is 3. The summed E-state index contributed by atoms with van der Waals surface area (Å²) in [5.41, 5.74) is 2.10. The summed E-state index contributed by atoms with van der Waals surface area (Å²) in [5.74, 6) is 1.56. The number of hydrogen-bond acceptors (Lipinski definition) is 8. The Morgan fingerprint density at radius 2 is 1.67 bits per heavy atom. The Hall–Kier alpha value is -4.08. The number of aromatic hydroxyl groups is 1. The van der Waals surface area contributed by atoms with Crippen LogP contribution < -0.4 is 9.47 Å². The van der Waals surface area contributed by atoms with Gasteiger partial charge in [-0.05, 0) is 117 Å². The summed E-state index contributed by atoms with van der Waals surface area (Å²) in [6.07, 6.45) is 6.03. The van der Waals surface area contributed by atoms with Crippen molar-refractivity contribution in [2.45, 2.75) is 50.7 Å². The Bertz CT molecular complexity index is 1660. The molecule has 234 valence electrons. The number of thiophene rings is 1. The fourth-order valence-electron chi connectivity index (χ4n) is 6.80. The maximum atomic E-state index is 14.1. The molecule has 3 heterocycles. The van der Waals surface area contributed by atoms with Crippen molar-refractivity contribution in [1.82, 2.24) is 9.80 Å². The lowest BCUT2D eigenvalue weighted by Crippen LogP contribution is -2.48. The van der Waals surface area contributed by atoms with E-state index in [1.807, 2.05) is 54.6 Å². The van der Waals surface area contributed by atoms with Gasteiger partial charge in [-0.2, -0.15) is 0 Å². The molecule has 0 spiro atoms. The third-order valence-corrected chi connectivity index (χ3v) is 10.4. The second-order valence-electron chi connectivity index (χ2n) is 12.1. The molecule has 1 aliphatic carbocycles. The van der Waals surface area contributed by atoms with Crippen LogP contribution >= 0.6 is 11.3 Å². The first kappa shape index (κ1) is 29.6. The second kappa shape index (κ2) is 13.1. The number of rotatable bonds is 10. The van der Waals surface area contributed by atoms with Gasteiger partial charge in [0.2, 0.25) is 0 Å². The maximum Gasteiger partial charge on any atom is 0.410 e. The molecule has 0 unspecified atom stereocenters. The molecule has 1 N–H and O–H groups in total. The molecule has 1 saturated carbocycles. The molecule has 45 heavy (non-hydrogen) atoms.